The number of anilines is 2. The zero-order valence-corrected chi connectivity index (χ0v) is 33.8. The van der Waals surface area contributed by atoms with Crippen molar-refractivity contribution in [2.75, 3.05) is 23.9 Å². The van der Waals surface area contributed by atoms with Crippen molar-refractivity contribution in [3.63, 3.8) is 0 Å². The van der Waals surface area contributed by atoms with Crippen LogP contribution in [0, 0.1) is 5.92 Å². The number of nitrogens with zero attached hydrogens (tertiary/aromatic N) is 4. The van der Waals surface area contributed by atoms with Gasteiger partial charge in [-0.05, 0) is 60.0 Å². The van der Waals surface area contributed by atoms with Gasteiger partial charge >= 0.3 is 0 Å². The summed E-state index contributed by atoms with van der Waals surface area (Å²) in [7, 11) is -0.780. The maximum absolute atomic E-state index is 15.1. The zero-order valence-electron chi connectivity index (χ0n) is 32.0. The maximum Gasteiger partial charge on any atom is 0.264 e. The molecule has 1 aromatic heterocycles. The fraction of sp³-hybridized carbons (Fsp3) is 0.450. The van der Waals surface area contributed by atoms with Crippen LogP contribution in [-0.4, -0.2) is 111 Å². The molecule has 7 rings (SSSR count). The van der Waals surface area contributed by atoms with Gasteiger partial charge in [-0.1, -0.05) is 66.3 Å². The summed E-state index contributed by atoms with van der Waals surface area (Å²) >= 11 is 6.67. The first kappa shape index (κ1) is 40.9. The SMILES string of the molecule is COc1ccc([Si](C)(C)[C@H]2[C@H](CCn3cc(CCO)nn3)O[C@@]3(C(=O)N(Cc4ccc(NC(=O)[C@H]5O[C@@H](O)[C@H](O)[C@@H](O)[C@@H]5O)cc4)c4ccc(Cl)cc43)[C@@H]2C)cc1. The summed E-state index contributed by atoms with van der Waals surface area (Å²) in [5.41, 5.74) is 1.80. The average Bonchev–Trinajstić information content (AvgIpc) is 3.84. The van der Waals surface area contributed by atoms with Crippen LogP contribution in [0.4, 0.5) is 11.4 Å². The van der Waals surface area contributed by atoms with Gasteiger partial charge in [-0.15, -0.1) is 5.10 Å². The van der Waals surface area contributed by atoms with Gasteiger partial charge in [0, 0.05) is 48.0 Å². The largest absolute Gasteiger partial charge is 0.497 e. The molecule has 304 valence electrons. The lowest BCUT2D eigenvalue weighted by molar-refractivity contribution is -0.274. The van der Waals surface area contributed by atoms with Crippen LogP contribution in [0.2, 0.25) is 23.7 Å². The van der Waals surface area contributed by atoms with Gasteiger partial charge in [0.1, 0.15) is 24.1 Å². The standard InChI is InChI=1S/C40H48ClN5O10Si/c1-22-36(57(3,4)28-12-10-27(54-2)11-13-28)31(15-17-45-21-26(16-18-47)43-44-45)56-40(22)29-19-24(41)7-14-30(29)46(39(40)53)20-23-5-8-25(9-6-23)42-37(51)35-33(49)32(48)34(50)38(52)55-35/h5-14,19,21-22,31-36,38,47-50,52H,15-18,20H2,1-4H3,(H,42,51)/t22-,31+,32+,33+,34-,35+,36-,38-,40+/m1/s1. The molecule has 4 heterocycles. The van der Waals surface area contributed by atoms with Crippen LogP contribution in [0.5, 0.6) is 5.75 Å². The quantitative estimate of drug-likeness (QED) is 0.114. The highest BCUT2D eigenvalue weighted by Crippen LogP contribution is 2.60. The Morgan fingerprint density at radius 3 is 2.42 bits per heavy atom. The number of methoxy groups -OCH3 is 1. The molecule has 6 N–H and O–H groups in total. The highest BCUT2D eigenvalue weighted by atomic mass is 35.5. The minimum absolute atomic E-state index is 0.0258. The molecule has 3 aliphatic heterocycles. The normalized spacial score (nSPS) is 28.5. The van der Waals surface area contributed by atoms with E-state index < -0.39 is 50.3 Å². The molecule has 3 aromatic carbocycles. The van der Waals surface area contributed by atoms with Crippen LogP contribution in [0.25, 0.3) is 0 Å². The number of hydrogen-bond acceptors (Lipinski definition) is 12. The lowest BCUT2D eigenvalue weighted by Crippen LogP contribution is -2.60. The number of benzene rings is 3. The van der Waals surface area contributed by atoms with Gasteiger partial charge in [-0.2, -0.15) is 0 Å². The Morgan fingerprint density at radius 2 is 1.74 bits per heavy atom. The van der Waals surface area contributed by atoms with Gasteiger partial charge in [0.05, 0.1) is 39.2 Å². The first-order chi connectivity index (χ1) is 27.2. The third-order valence-electron chi connectivity index (χ3n) is 11.8. The molecule has 0 aliphatic carbocycles. The van der Waals surface area contributed by atoms with E-state index in [9.17, 15) is 30.3 Å². The van der Waals surface area contributed by atoms with Crippen molar-refractivity contribution >= 4 is 48.1 Å². The van der Waals surface area contributed by atoms with Crippen molar-refractivity contribution in [3.8, 4) is 5.75 Å². The molecule has 0 bridgehead atoms. The Balaban J connectivity index is 1.17. The summed E-state index contributed by atoms with van der Waals surface area (Å²) in [5.74, 6) is -0.537. The predicted molar refractivity (Wildman–Crippen MR) is 212 cm³/mol. The number of halogens is 1. The van der Waals surface area contributed by atoms with E-state index in [1.54, 1.807) is 47.0 Å². The van der Waals surface area contributed by atoms with Gasteiger partial charge in [0.25, 0.3) is 11.8 Å². The van der Waals surface area contributed by atoms with Gasteiger partial charge in [-0.3, -0.25) is 14.3 Å². The van der Waals surface area contributed by atoms with E-state index in [-0.39, 0.29) is 36.6 Å². The van der Waals surface area contributed by atoms with Crippen LogP contribution >= 0.6 is 11.6 Å². The number of aliphatic hydroxyl groups excluding tert-OH is 5. The second-order valence-corrected chi connectivity index (χ2v) is 20.7. The smallest absolute Gasteiger partial charge is 0.264 e. The summed E-state index contributed by atoms with van der Waals surface area (Å²) in [6.07, 6.45) is -6.34. The summed E-state index contributed by atoms with van der Waals surface area (Å²) in [6, 6.07) is 20.3. The minimum atomic E-state index is -2.42. The van der Waals surface area contributed by atoms with Crippen molar-refractivity contribution in [1.29, 1.82) is 0 Å². The Labute approximate surface area is 335 Å². The molecule has 57 heavy (non-hydrogen) atoms. The van der Waals surface area contributed by atoms with E-state index in [4.69, 9.17) is 25.8 Å². The fourth-order valence-electron chi connectivity index (χ4n) is 8.82. The predicted octanol–water partition coefficient (Wildman–Crippen LogP) is 2.07. The van der Waals surface area contributed by atoms with E-state index in [1.165, 1.54) is 5.19 Å². The summed E-state index contributed by atoms with van der Waals surface area (Å²) in [6.45, 7) is 7.37. The Kier molecular flexibility index (Phi) is 11.6. The Morgan fingerprint density at radius 1 is 1.02 bits per heavy atom. The summed E-state index contributed by atoms with van der Waals surface area (Å²) in [4.78, 5) is 29.8. The number of ether oxygens (including phenoxy) is 3. The topological polar surface area (TPSA) is 209 Å². The number of amides is 2. The van der Waals surface area contributed by atoms with Crippen LogP contribution in [-0.2, 0) is 44.2 Å². The Bertz CT molecular complexity index is 2090. The molecule has 2 fully saturated rings. The molecule has 2 amide bonds. The van der Waals surface area contributed by atoms with Crippen molar-refractivity contribution in [3.05, 3.63) is 94.8 Å². The van der Waals surface area contributed by atoms with Gasteiger partial charge in [0.15, 0.2) is 18.0 Å². The monoisotopic (exact) mass is 821 g/mol. The zero-order chi connectivity index (χ0) is 40.8. The fourth-order valence-corrected chi connectivity index (χ4v) is 13.0. The van der Waals surface area contributed by atoms with Gasteiger partial charge in [-0.25, -0.2) is 0 Å². The molecular weight excluding hydrogens is 774 g/mol. The number of aliphatic hydroxyl groups is 5. The first-order valence-electron chi connectivity index (χ1n) is 18.9. The van der Waals surface area contributed by atoms with Crippen molar-refractivity contribution in [2.45, 2.75) is 93.9 Å². The molecule has 3 aliphatic rings. The number of aromatic nitrogens is 3. The number of nitrogens with one attached hydrogen (secondary N) is 1. The van der Waals surface area contributed by atoms with E-state index in [0.29, 0.717) is 47.0 Å². The number of carbonyl (C=O) groups excluding carboxylic acids is 2. The van der Waals surface area contributed by atoms with Crippen LogP contribution in [0.3, 0.4) is 0 Å². The lowest BCUT2D eigenvalue weighted by Gasteiger charge is -2.37. The molecule has 15 nitrogen and oxygen atoms in total. The first-order valence-corrected chi connectivity index (χ1v) is 22.4. The molecule has 1 spiro atoms. The van der Waals surface area contributed by atoms with Crippen LogP contribution < -0.4 is 20.1 Å². The van der Waals surface area contributed by atoms with E-state index in [1.807, 2.05) is 30.5 Å². The second-order valence-electron chi connectivity index (χ2n) is 15.5. The molecule has 0 unspecified atom stereocenters. The third kappa shape index (κ3) is 7.50. The molecule has 0 saturated carbocycles. The maximum atomic E-state index is 15.1. The summed E-state index contributed by atoms with van der Waals surface area (Å²) < 4.78 is 19.5. The van der Waals surface area contributed by atoms with Crippen molar-refractivity contribution in [1.82, 2.24) is 15.0 Å². The van der Waals surface area contributed by atoms with Crippen molar-refractivity contribution < 1.29 is 49.3 Å². The average molecular weight is 822 g/mol. The number of hydrogen-bond donors (Lipinski definition) is 6. The third-order valence-corrected chi connectivity index (χ3v) is 16.4. The molecule has 0 radical (unpaired) electrons. The number of fused-ring (bicyclic) bond motifs is 2. The molecule has 9 atom stereocenters. The highest BCUT2D eigenvalue weighted by Gasteiger charge is 2.66. The molecule has 2 saturated heterocycles. The van der Waals surface area contributed by atoms with Crippen LogP contribution in [0.1, 0.15) is 30.2 Å². The number of aryl methyl sites for hydroxylation is 1. The van der Waals surface area contributed by atoms with E-state index >= 15 is 4.79 Å². The van der Waals surface area contributed by atoms with E-state index in [2.05, 4.69) is 47.8 Å². The van der Waals surface area contributed by atoms with Gasteiger partial charge < -0.3 is 50.0 Å². The second kappa shape index (κ2) is 16.2. The molecular formula is C40H48ClN5O10Si. The summed E-state index contributed by atoms with van der Waals surface area (Å²) in [5, 5.41) is 62.1. The minimum Gasteiger partial charge on any atom is -0.497 e. The highest BCUT2D eigenvalue weighted by molar-refractivity contribution is 6.91. The molecule has 4 aromatic rings. The number of rotatable bonds is 12. The number of carbonyl (C=O) groups is 2. The van der Waals surface area contributed by atoms with Crippen LogP contribution in [0.15, 0.2) is 72.9 Å². The Hall–Kier alpha value is -4.23. The van der Waals surface area contributed by atoms with E-state index in [0.717, 1.165) is 11.3 Å². The van der Waals surface area contributed by atoms with Gasteiger partial charge in [0.2, 0.25) is 0 Å². The molecule has 17 heteroatoms. The van der Waals surface area contributed by atoms with Crippen molar-refractivity contribution in [2.24, 2.45) is 5.92 Å². The lowest BCUT2D eigenvalue weighted by atomic mass is 9.82.